The largest absolute Gasteiger partial charge is 0.756 e. The second-order valence-corrected chi connectivity index (χ2v) is 33.7. The Labute approximate surface area is 648 Å². The summed E-state index contributed by atoms with van der Waals surface area (Å²) >= 11 is 0. The Hall–Kier alpha value is -2.55. The third-order valence-electron chi connectivity index (χ3n) is 20.7. The number of phosphoric acid groups is 1. The summed E-state index contributed by atoms with van der Waals surface area (Å²) in [5.74, 6) is -0.807. The first-order chi connectivity index (χ1) is 51.0. The van der Waals surface area contributed by atoms with Crippen LogP contribution in [0.3, 0.4) is 0 Å². The molecule has 0 aliphatic heterocycles. The fourth-order valence-electron chi connectivity index (χ4n) is 13.7. The Morgan fingerprint density at radius 3 is 0.769 bits per heavy atom. The van der Waals surface area contributed by atoms with E-state index in [2.05, 4.69) is 86.8 Å². The maximum atomic E-state index is 12.9. The van der Waals surface area contributed by atoms with Crippen molar-refractivity contribution in [3.63, 3.8) is 0 Å². The second kappa shape index (κ2) is 84.5. The van der Waals surface area contributed by atoms with E-state index in [-0.39, 0.29) is 32.0 Å². The van der Waals surface area contributed by atoms with E-state index in [0.717, 1.165) is 57.8 Å². The normalized spacial score (nSPS) is 13.2. The first-order valence-electron chi connectivity index (χ1n) is 45.6. The summed E-state index contributed by atoms with van der Waals surface area (Å²) in [6.45, 7) is 4.29. The van der Waals surface area contributed by atoms with Gasteiger partial charge in [0.25, 0.3) is 7.82 Å². The van der Waals surface area contributed by atoms with Gasteiger partial charge in [-0.05, 0) is 89.9 Å². The highest BCUT2D eigenvalue weighted by atomic mass is 31.2. The highest BCUT2D eigenvalue weighted by Gasteiger charge is 2.22. The summed E-state index contributed by atoms with van der Waals surface area (Å²) in [7, 11) is 1.19. The Bertz CT molecular complexity index is 1990. The molecule has 0 aromatic rings. The van der Waals surface area contributed by atoms with Crippen molar-refractivity contribution in [1.82, 2.24) is 0 Å². The second-order valence-electron chi connectivity index (χ2n) is 32.3. The van der Waals surface area contributed by atoms with E-state index in [9.17, 15) is 19.0 Å². The lowest BCUT2D eigenvalue weighted by Gasteiger charge is -2.28. The highest BCUT2D eigenvalue weighted by Crippen LogP contribution is 2.38. The number of phosphoric ester groups is 1. The lowest BCUT2D eigenvalue weighted by atomic mass is 10.0. The van der Waals surface area contributed by atoms with Crippen LogP contribution in [0, 0.1) is 0 Å². The molecule has 0 amide bonds. The Balaban J connectivity index is 3.84. The Morgan fingerprint density at radius 2 is 0.519 bits per heavy atom. The molecule has 0 aromatic heterocycles. The summed E-state index contributed by atoms with van der Waals surface area (Å²) in [6.07, 6.45) is 117. The van der Waals surface area contributed by atoms with Gasteiger partial charge in [-0.1, -0.05) is 433 Å². The zero-order chi connectivity index (χ0) is 75.4. The van der Waals surface area contributed by atoms with Crippen LogP contribution in [0.2, 0.25) is 0 Å². The van der Waals surface area contributed by atoms with Gasteiger partial charge in [-0.2, -0.15) is 0 Å². The van der Waals surface area contributed by atoms with Crippen molar-refractivity contribution in [1.29, 1.82) is 0 Å². The van der Waals surface area contributed by atoms with Crippen molar-refractivity contribution in [3.8, 4) is 0 Å². The number of esters is 2. The minimum Gasteiger partial charge on any atom is -0.756 e. The van der Waals surface area contributed by atoms with Crippen LogP contribution in [-0.2, 0) is 32.7 Å². The number of rotatable bonds is 86. The molecule has 0 bridgehead atoms. The SMILES string of the molecule is CCCCCCC/C=C\C/C=C\C/C=C\CCCCCCCCCCCCCCCCCCCCCCCCCCCCC(=O)OC(COC(=O)CCCCCCCCCCCCCCCCCCCCCCCCCC/C=C\C/C=C\C/C=C\CCCCCCC)COP(=O)([O-])OCC[N+](C)(C)C. The van der Waals surface area contributed by atoms with Crippen molar-refractivity contribution in [2.75, 3.05) is 47.5 Å². The lowest BCUT2D eigenvalue weighted by molar-refractivity contribution is -0.870. The van der Waals surface area contributed by atoms with Crippen LogP contribution < -0.4 is 4.89 Å². The van der Waals surface area contributed by atoms with Gasteiger partial charge in [0.2, 0.25) is 0 Å². The molecule has 610 valence electrons. The standard InChI is InChI=1S/C94H176NO8P/c1-6-8-10-12-14-16-18-20-22-24-26-28-30-32-34-36-38-40-42-44-46-47-49-51-53-55-57-59-61-63-65-67-69-71-73-75-77-79-81-83-85-87-94(97)103-92(91-102-104(98,99)101-89-88-95(3,4)5)90-100-93(96)86-84-82-80-78-76-74-72-70-68-66-64-62-60-58-56-54-52-50-48-45-43-41-39-37-35-33-31-29-27-25-23-21-19-17-15-13-11-9-7-2/h18-21,24-27,30-33,92H,6-17,22-23,28-29,34-91H2,1-5H3/b20-18-,21-19-,26-24-,27-25-,32-30-,33-31-. The van der Waals surface area contributed by atoms with Gasteiger partial charge in [0.1, 0.15) is 19.8 Å². The maximum Gasteiger partial charge on any atom is 0.306 e. The summed E-state index contributed by atoms with van der Waals surface area (Å²) in [6, 6.07) is 0. The lowest BCUT2D eigenvalue weighted by Crippen LogP contribution is -2.37. The summed E-state index contributed by atoms with van der Waals surface area (Å²) in [5.41, 5.74) is 0. The van der Waals surface area contributed by atoms with Crippen molar-refractivity contribution in [2.45, 2.75) is 469 Å². The van der Waals surface area contributed by atoms with E-state index >= 15 is 0 Å². The van der Waals surface area contributed by atoms with Gasteiger partial charge in [0, 0.05) is 12.8 Å². The van der Waals surface area contributed by atoms with Gasteiger partial charge in [-0.3, -0.25) is 14.2 Å². The number of carbonyl (C=O) groups excluding carboxylic acids is 2. The molecule has 0 spiro atoms. The van der Waals surface area contributed by atoms with Crippen molar-refractivity contribution >= 4 is 19.8 Å². The third-order valence-corrected chi connectivity index (χ3v) is 21.7. The van der Waals surface area contributed by atoms with E-state index in [1.165, 1.54) is 372 Å². The summed E-state index contributed by atoms with van der Waals surface area (Å²) in [4.78, 5) is 38.3. The molecule has 0 radical (unpaired) electrons. The molecule has 9 nitrogen and oxygen atoms in total. The van der Waals surface area contributed by atoms with Gasteiger partial charge in [0.05, 0.1) is 27.7 Å². The number of hydrogen-bond donors (Lipinski definition) is 0. The topological polar surface area (TPSA) is 111 Å². The Kier molecular flexibility index (Phi) is 82.4. The fraction of sp³-hybridized carbons (Fsp3) is 0.851. The molecule has 0 aliphatic carbocycles. The van der Waals surface area contributed by atoms with E-state index < -0.39 is 26.5 Å². The zero-order valence-corrected chi connectivity index (χ0v) is 70.9. The smallest absolute Gasteiger partial charge is 0.306 e. The molecule has 0 aliphatic rings. The van der Waals surface area contributed by atoms with Crippen LogP contribution in [0.25, 0.3) is 0 Å². The van der Waals surface area contributed by atoms with Crippen molar-refractivity contribution in [3.05, 3.63) is 72.9 Å². The number of carbonyl (C=O) groups is 2. The molecule has 0 rings (SSSR count). The van der Waals surface area contributed by atoms with Gasteiger partial charge >= 0.3 is 11.9 Å². The third kappa shape index (κ3) is 88.4. The molecule has 104 heavy (non-hydrogen) atoms. The van der Waals surface area contributed by atoms with Crippen LogP contribution in [0.1, 0.15) is 463 Å². The number of likely N-dealkylation sites (N-methyl/N-ethyl adjacent to an activating group) is 1. The maximum absolute atomic E-state index is 12.9. The van der Waals surface area contributed by atoms with Crippen LogP contribution in [0.4, 0.5) is 0 Å². The molecule has 2 unspecified atom stereocenters. The molecule has 2 atom stereocenters. The van der Waals surface area contributed by atoms with E-state index in [4.69, 9.17) is 18.5 Å². The molecule has 0 N–H and O–H groups in total. The average molecular weight is 1480 g/mol. The van der Waals surface area contributed by atoms with Gasteiger partial charge < -0.3 is 27.9 Å². The minimum absolute atomic E-state index is 0.0283. The number of quaternary nitrogens is 1. The number of nitrogens with zero attached hydrogens (tertiary/aromatic N) is 1. The molecule has 0 saturated heterocycles. The molecule has 0 saturated carbocycles. The quantitative estimate of drug-likeness (QED) is 0.0195. The minimum atomic E-state index is -4.65. The monoisotopic (exact) mass is 1480 g/mol. The van der Waals surface area contributed by atoms with Gasteiger partial charge in [-0.15, -0.1) is 0 Å². The van der Waals surface area contributed by atoms with Gasteiger partial charge in [-0.25, -0.2) is 0 Å². The fourth-order valence-corrected chi connectivity index (χ4v) is 14.5. The highest BCUT2D eigenvalue weighted by molar-refractivity contribution is 7.45. The van der Waals surface area contributed by atoms with E-state index in [0.29, 0.717) is 17.4 Å². The number of ether oxygens (including phenoxy) is 2. The van der Waals surface area contributed by atoms with Crippen LogP contribution in [0.5, 0.6) is 0 Å². The first kappa shape index (κ1) is 101. The van der Waals surface area contributed by atoms with E-state index in [1.54, 1.807) is 0 Å². The molecule has 0 aromatic carbocycles. The van der Waals surface area contributed by atoms with Crippen LogP contribution >= 0.6 is 7.82 Å². The number of unbranched alkanes of at least 4 members (excludes halogenated alkanes) is 60. The van der Waals surface area contributed by atoms with Crippen LogP contribution in [-0.4, -0.2) is 70.0 Å². The number of hydrogen-bond acceptors (Lipinski definition) is 8. The molecular weight excluding hydrogens is 1300 g/mol. The summed E-state index contributed by atoms with van der Waals surface area (Å²) < 4.78 is 34.5. The molecule has 0 heterocycles. The van der Waals surface area contributed by atoms with Crippen molar-refractivity contribution < 1.29 is 42.1 Å². The van der Waals surface area contributed by atoms with Gasteiger partial charge in [0.15, 0.2) is 6.10 Å². The van der Waals surface area contributed by atoms with E-state index in [1.807, 2.05) is 21.1 Å². The molecule has 10 heteroatoms. The zero-order valence-electron chi connectivity index (χ0n) is 70.0. The summed E-state index contributed by atoms with van der Waals surface area (Å²) in [5, 5.41) is 0. The predicted molar refractivity (Wildman–Crippen MR) is 453 cm³/mol. The first-order valence-corrected chi connectivity index (χ1v) is 47.1. The average Bonchev–Trinajstić information content (AvgIpc) is 0.920. The van der Waals surface area contributed by atoms with Crippen molar-refractivity contribution in [2.24, 2.45) is 0 Å². The Morgan fingerprint density at radius 1 is 0.298 bits per heavy atom. The van der Waals surface area contributed by atoms with Crippen LogP contribution in [0.15, 0.2) is 72.9 Å². The molecule has 0 fully saturated rings. The predicted octanol–water partition coefficient (Wildman–Crippen LogP) is 30.3. The number of allylic oxidation sites excluding steroid dienone is 12. The molecular formula is C94H176NO8P.